The summed E-state index contributed by atoms with van der Waals surface area (Å²) in [5.41, 5.74) is 1.44. The smallest absolute Gasteiger partial charge is 0.295 e. The number of amides is 2. The number of aromatic amines is 1. The van der Waals surface area contributed by atoms with E-state index in [1.54, 1.807) is 28.1 Å². The van der Waals surface area contributed by atoms with Crippen LogP contribution < -0.4 is 4.74 Å². The van der Waals surface area contributed by atoms with Gasteiger partial charge >= 0.3 is 0 Å². The molecule has 3 heterocycles. The van der Waals surface area contributed by atoms with Crippen molar-refractivity contribution in [3.8, 4) is 5.75 Å². The molecule has 2 aliphatic heterocycles. The molecule has 2 saturated heterocycles. The molecule has 2 amide bonds. The molecule has 2 N–H and O–H groups in total. The van der Waals surface area contributed by atoms with Crippen LogP contribution in [-0.4, -0.2) is 101 Å². The Morgan fingerprint density at radius 1 is 1.02 bits per heavy atom. The lowest BCUT2D eigenvalue weighted by Gasteiger charge is -2.40. The topological polar surface area (TPSA) is 106 Å². The summed E-state index contributed by atoms with van der Waals surface area (Å²) < 4.78 is 5.58. The third kappa shape index (κ3) is 5.80. The van der Waals surface area contributed by atoms with E-state index in [1.165, 1.54) is 20.0 Å². The molecule has 222 valence electrons. The number of hydrogen-bond donors (Lipinski definition) is 2. The van der Waals surface area contributed by atoms with Gasteiger partial charge in [-0.25, -0.2) is 0 Å². The summed E-state index contributed by atoms with van der Waals surface area (Å²) in [6.07, 6.45) is 6.36. The zero-order chi connectivity index (χ0) is 29.4. The van der Waals surface area contributed by atoms with Gasteiger partial charge in [-0.05, 0) is 43.9 Å². The molecular formula is C33H40N4O5. The Hall–Kier alpha value is -3.69. The number of ether oxygens (including phenoxy) is 1. The van der Waals surface area contributed by atoms with E-state index in [2.05, 4.69) is 16.9 Å². The lowest BCUT2D eigenvalue weighted by molar-refractivity contribution is -0.131. The van der Waals surface area contributed by atoms with Crippen LogP contribution in [0.4, 0.5) is 0 Å². The van der Waals surface area contributed by atoms with Crippen LogP contribution in [0, 0.1) is 5.92 Å². The number of likely N-dealkylation sites (N-methyl/N-ethyl adjacent to an activating group) is 1. The van der Waals surface area contributed by atoms with Gasteiger partial charge in [0.2, 0.25) is 0 Å². The number of ketones is 1. The average Bonchev–Trinajstić information content (AvgIpc) is 3.71. The maximum Gasteiger partial charge on any atom is 0.295 e. The second-order valence-corrected chi connectivity index (χ2v) is 12.4. The van der Waals surface area contributed by atoms with Crippen molar-refractivity contribution in [3.63, 3.8) is 0 Å². The van der Waals surface area contributed by atoms with E-state index in [1.807, 2.05) is 30.3 Å². The van der Waals surface area contributed by atoms with Crippen LogP contribution in [0.15, 0.2) is 48.7 Å². The van der Waals surface area contributed by atoms with Crippen molar-refractivity contribution >= 4 is 28.5 Å². The number of piperazine rings is 1. The molecule has 1 aromatic heterocycles. The molecule has 3 aromatic rings. The van der Waals surface area contributed by atoms with Crippen molar-refractivity contribution in [2.45, 2.75) is 50.2 Å². The number of carbonyl (C=O) groups is 3. The fourth-order valence-electron chi connectivity index (χ4n) is 6.59. The first kappa shape index (κ1) is 28.4. The maximum atomic E-state index is 13.7. The maximum absolute atomic E-state index is 13.7. The predicted molar refractivity (Wildman–Crippen MR) is 160 cm³/mol. The van der Waals surface area contributed by atoms with E-state index in [0.717, 1.165) is 25.1 Å². The Labute approximate surface area is 246 Å². The number of Topliss-reactive ketones (excluding diaryl/α,β-unsaturated/α-hetero) is 1. The van der Waals surface area contributed by atoms with E-state index in [0.29, 0.717) is 67.0 Å². The molecule has 1 unspecified atom stereocenters. The molecule has 3 aliphatic rings. The molecule has 3 fully saturated rings. The SMILES string of the molecule is COc1cc2[nH]cc(C(=O)C(=O)N3CCN(C)CC3CC3CC3)c2cc1C(=O)N1CCC(O)(Cc2ccccc2)CC1. The number of likely N-dealkylation sites (tertiary alicyclic amines) is 1. The van der Waals surface area contributed by atoms with Crippen LogP contribution in [-0.2, 0) is 11.2 Å². The van der Waals surface area contributed by atoms with Crippen molar-refractivity contribution in [1.29, 1.82) is 0 Å². The number of fused-ring (bicyclic) bond motifs is 1. The number of nitrogens with zero attached hydrogens (tertiary/aromatic N) is 3. The molecular weight excluding hydrogens is 532 g/mol. The highest BCUT2D eigenvalue weighted by molar-refractivity contribution is 6.45. The number of H-pyrrole nitrogens is 1. The lowest BCUT2D eigenvalue weighted by Crippen LogP contribution is -2.55. The predicted octanol–water partition coefficient (Wildman–Crippen LogP) is 3.51. The first-order valence-corrected chi connectivity index (χ1v) is 15.0. The number of methoxy groups -OCH3 is 1. The van der Waals surface area contributed by atoms with Crippen molar-refractivity contribution in [2.24, 2.45) is 5.92 Å². The number of carbonyl (C=O) groups excluding carboxylic acids is 3. The minimum absolute atomic E-state index is 0.0368. The summed E-state index contributed by atoms with van der Waals surface area (Å²) in [4.78, 5) is 49.8. The fourth-order valence-corrected chi connectivity index (χ4v) is 6.59. The lowest BCUT2D eigenvalue weighted by atomic mass is 9.85. The molecule has 6 rings (SSSR count). The van der Waals surface area contributed by atoms with Gasteiger partial charge in [-0.15, -0.1) is 0 Å². The molecule has 9 heteroatoms. The van der Waals surface area contributed by atoms with Gasteiger partial charge in [-0.2, -0.15) is 0 Å². The Bertz CT molecular complexity index is 1470. The van der Waals surface area contributed by atoms with E-state index >= 15 is 0 Å². The summed E-state index contributed by atoms with van der Waals surface area (Å²) in [5, 5.41) is 11.7. The summed E-state index contributed by atoms with van der Waals surface area (Å²) in [6, 6.07) is 13.3. The van der Waals surface area contributed by atoms with Crippen molar-refractivity contribution in [2.75, 3.05) is 46.9 Å². The van der Waals surface area contributed by atoms with Gasteiger partial charge in [-0.1, -0.05) is 43.2 Å². The Morgan fingerprint density at radius 3 is 2.45 bits per heavy atom. The Morgan fingerprint density at radius 2 is 1.76 bits per heavy atom. The number of rotatable bonds is 8. The number of aromatic nitrogens is 1. The number of aliphatic hydroxyl groups is 1. The molecule has 0 radical (unpaired) electrons. The van der Waals surface area contributed by atoms with Gasteiger partial charge in [0.1, 0.15) is 5.75 Å². The second-order valence-electron chi connectivity index (χ2n) is 12.4. The number of benzene rings is 2. The largest absolute Gasteiger partial charge is 0.496 e. The van der Waals surface area contributed by atoms with E-state index in [4.69, 9.17) is 4.74 Å². The van der Waals surface area contributed by atoms with Crippen molar-refractivity contribution < 1.29 is 24.2 Å². The third-order valence-corrected chi connectivity index (χ3v) is 9.28. The zero-order valence-electron chi connectivity index (χ0n) is 24.5. The molecule has 9 nitrogen and oxygen atoms in total. The first-order valence-electron chi connectivity index (χ1n) is 15.0. The standard InChI is InChI=1S/C33H40N4O5/c1-35-14-15-37(24(21-35)16-22-8-9-22)32(40)30(38)27-20-34-28-18-29(42-2)26(17-25(27)28)31(39)36-12-10-33(41,11-13-36)19-23-6-4-3-5-7-23/h3-7,17-18,20,22,24,34,41H,8-16,19,21H2,1-2H3. The van der Waals surface area contributed by atoms with Crippen LogP contribution in [0.25, 0.3) is 10.9 Å². The molecule has 1 aliphatic carbocycles. The van der Waals surface area contributed by atoms with Crippen LogP contribution in [0.3, 0.4) is 0 Å². The minimum atomic E-state index is -0.868. The van der Waals surface area contributed by atoms with Gasteiger partial charge < -0.3 is 29.5 Å². The molecule has 1 atom stereocenters. The summed E-state index contributed by atoms with van der Waals surface area (Å²) in [7, 11) is 3.57. The van der Waals surface area contributed by atoms with E-state index in [-0.39, 0.29) is 17.5 Å². The van der Waals surface area contributed by atoms with Gasteiger partial charge in [-0.3, -0.25) is 14.4 Å². The Balaban J connectivity index is 1.21. The van der Waals surface area contributed by atoms with Crippen molar-refractivity contribution in [3.05, 3.63) is 65.4 Å². The van der Waals surface area contributed by atoms with Crippen LogP contribution in [0.1, 0.15) is 58.4 Å². The van der Waals surface area contributed by atoms with Gasteiger partial charge in [0.05, 0.1) is 23.8 Å². The highest BCUT2D eigenvalue weighted by Crippen LogP contribution is 2.36. The number of nitrogens with one attached hydrogen (secondary N) is 1. The van der Waals surface area contributed by atoms with Crippen molar-refractivity contribution in [1.82, 2.24) is 19.7 Å². The summed E-state index contributed by atoms with van der Waals surface area (Å²) in [5.74, 6) is -0.213. The van der Waals surface area contributed by atoms with Crippen LogP contribution in [0.2, 0.25) is 0 Å². The Kier molecular flexibility index (Phi) is 7.81. The molecule has 0 spiro atoms. The second kappa shape index (κ2) is 11.5. The van der Waals surface area contributed by atoms with Gasteiger partial charge in [0, 0.05) is 68.4 Å². The summed E-state index contributed by atoms with van der Waals surface area (Å²) >= 11 is 0. The number of piperidine rings is 1. The number of hydrogen-bond acceptors (Lipinski definition) is 6. The van der Waals surface area contributed by atoms with Crippen LogP contribution >= 0.6 is 0 Å². The molecule has 1 saturated carbocycles. The molecule has 2 aromatic carbocycles. The van der Waals surface area contributed by atoms with Gasteiger partial charge in [0.15, 0.2) is 0 Å². The van der Waals surface area contributed by atoms with Gasteiger partial charge in [0.25, 0.3) is 17.6 Å². The highest BCUT2D eigenvalue weighted by Gasteiger charge is 2.38. The normalized spacial score (nSPS) is 21.0. The van der Waals surface area contributed by atoms with Crippen LogP contribution in [0.5, 0.6) is 5.75 Å². The van der Waals surface area contributed by atoms with E-state index in [9.17, 15) is 19.5 Å². The monoisotopic (exact) mass is 572 g/mol. The fraction of sp³-hybridized carbons (Fsp3) is 0.485. The highest BCUT2D eigenvalue weighted by atomic mass is 16.5. The minimum Gasteiger partial charge on any atom is -0.496 e. The first-order chi connectivity index (χ1) is 20.2. The van der Waals surface area contributed by atoms with E-state index < -0.39 is 17.3 Å². The third-order valence-electron chi connectivity index (χ3n) is 9.28. The summed E-state index contributed by atoms with van der Waals surface area (Å²) in [6.45, 7) is 2.86. The molecule has 42 heavy (non-hydrogen) atoms. The average molecular weight is 573 g/mol. The molecule has 0 bridgehead atoms. The zero-order valence-corrected chi connectivity index (χ0v) is 24.5. The quantitative estimate of drug-likeness (QED) is 0.316.